The first kappa shape index (κ1) is 17.7. The molecular weight excluding hydrogens is 340 g/mol. The Labute approximate surface area is 150 Å². The smallest absolute Gasteiger partial charge is 0.375 e. The van der Waals surface area contributed by atoms with Crippen molar-refractivity contribution in [3.05, 3.63) is 35.2 Å². The molecule has 1 atom stereocenters. The van der Waals surface area contributed by atoms with Gasteiger partial charge in [0, 0.05) is 17.6 Å². The van der Waals surface area contributed by atoms with Gasteiger partial charge in [-0.25, -0.2) is 9.78 Å². The Kier molecular flexibility index (Phi) is 5.53. The van der Waals surface area contributed by atoms with Crippen molar-refractivity contribution in [3.63, 3.8) is 0 Å². The lowest BCUT2D eigenvalue weighted by atomic mass is 9.94. The lowest BCUT2D eigenvalue weighted by molar-refractivity contribution is -0.127. The van der Waals surface area contributed by atoms with Crippen LogP contribution in [0.5, 0.6) is 0 Å². The van der Waals surface area contributed by atoms with E-state index < -0.39 is 12.1 Å². The molecule has 2 aromatic heterocycles. The molecule has 0 N–H and O–H groups in total. The van der Waals surface area contributed by atoms with E-state index in [1.165, 1.54) is 17.8 Å². The summed E-state index contributed by atoms with van der Waals surface area (Å²) in [6.07, 6.45) is 6.07. The molecule has 1 saturated carbocycles. The van der Waals surface area contributed by atoms with Gasteiger partial charge < -0.3 is 9.15 Å². The van der Waals surface area contributed by atoms with Crippen molar-refractivity contribution in [1.29, 1.82) is 0 Å². The van der Waals surface area contributed by atoms with Gasteiger partial charge in [-0.1, -0.05) is 19.3 Å². The van der Waals surface area contributed by atoms with Crippen LogP contribution in [0.2, 0.25) is 0 Å². The minimum absolute atomic E-state index is 0.107. The molecule has 134 valence electrons. The van der Waals surface area contributed by atoms with Gasteiger partial charge in [-0.3, -0.25) is 9.69 Å². The molecule has 1 fully saturated rings. The molecule has 0 saturated heterocycles. The summed E-state index contributed by atoms with van der Waals surface area (Å²) in [5.74, 6) is -0.136. The van der Waals surface area contributed by atoms with Crippen molar-refractivity contribution < 1.29 is 18.7 Å². The molecule has 0 spiro atoms. The molecule has 0 bridgehead atoms. The summed E-state index contributed by atoms with van der Waals surface area (Å²) in [6, 6.07) is 3.35. The fourth-order valence-electron chi connectivity index (χ4n) is 3.11. The molecular formula is C18H22N2O4S. The minimum atomic E-state index is -0.899. The van der Waals surface area contributed by atoms with Crippen molar-refractivity contribution in [2.45, 2.75) is 58.1 Å². The zero-order chi connectivity index (χ0) is 17.8. The van der Waals surface area contributed by atoms with E-state index in [1.807, 2.05) is 5.38 Å². The van der Waals surface area contributed by atoms with E-state index in [-0.39, 0.29) is 17.7 Å². The van der Waals surface area contributed by atoms with Crippen LogP contribution in [0.15, 0.2) is 28.1 Å². The Hall–Kier alpha value is -2.15. The fraction of sp³-hybridized carbons (Fsp3) is 0.500. The summed E-state index contributed by atoms with van der Waals surface area (Å²) in [5.41, 5.74) is 0. The van der Waals surface area contributed by atoms with E-state index in [1.54, 1.807) is 37.1 Å². The predicted molar refractivity (Wildman–Crippen MR) is 94.8 cm³/mol. The Morgan fingerprint density at radius 3 is 2.68 bits per heavy atom. The van der Waals surface area contributed by atoms with Crippen LogP contribution >= 0.6 is 11.3 Å². The molecule has 1 aliphatic rings. The number of carbonyl (C=O) groups excluding carboxylic acids is 2. The minimum Gasteiger partial charge on any atom is -0.454 e. The van der Waals surface area contributed by atoms with Crippen LogP contribution in [-0.4, -0.2) is 29.0 Å². The van der Waals surface area contributed by atoms with Crippen LogP contribution in [0.4, 0.5) is 5.13 Å². The largest absolute Gasteiger partial charge is 0.454 e. The highest BCUT2D eigenvalue weighted by molar-refractivity contribution is 7.13. The second-order valence-corrected chi connectivity index (χ2v) is 7.15. The van der Waals surface area contributed by atoms with Crippen LogP contribution in [-0.2, 0) is 9.53 Å². The number of carbonyl (C=O) groups is 2. The lowest BCUT2D eigenvalue weighted by Crippen LogP contribution is -2.47. The number of esters is 1. The van der Waals surface area contributed by atoms with E-state index in [2.05, 4.69) is 4.98 Å². The maximum absolute atomic E-state index is 13.0. The molecule has 6 nitrogen and oxygen atoms in total. The van der Waals surface area contributed by atoms with Crippen molar-refractivity contribution in [1.82, 2.24) is 4.98 Å². The maximum atomic E-state index is 13.0. The molecule has 1 unspecified atom stereocenters. The first-order valence-electron chi connectivity index (χ1n) is 8.56. The number of ether oxygens (including phenoxy) is 1. The van der Waals surface area contributed by atoms with Gasteiger partial charge in [0.25, 0.3) is 5.91 Å². The highest BCUT2D eigenvalue weighted by Crippen LogP contribution is 2.29. The Morgan fingerprint density at radius 1 is 1.32 bits per heavy atom. The maximum Gasteiger partial charge on any atom is 0.375 e. The first-order chi connectivity index (χ1) is 12.1. The molecule has 0 aliphatic heterocycles. The molecule has 2 aromatic rings. The number of anilines is 1. The summed E-state index contributed by atoms with van der Waals surface area (Å²) in [5, 5.41) is 2.51. The van der Waals surface area contributed by atoms with Gasteiger partial charge in [0.05, 0.1) is 0 Å². The van der Waals surface area contributed by atoms with Crippen molar-refractivity contribution in [2.24, 2.45) is 0 Å². The molecule has 1 aliphatic carbocycles. The monoisotopic (exact) mass is 362 g/mol. The van der Waals surface area contributed by atoms with Gasteiger partial charge in [-0.15, -0.1) is 11.3 Å². The SMILES string of the molecule is Cc1ccc(C(=O)OC(C)C(=O)N(c2nccs2)C2CCCCC2)o1. The number of furan rings is 1. The molecule has 7 heteroatoms. The van der Waals surface area contributed by atoms with Crippen molar-refractivity contribution >= 4 is 28.3 Å². The van der Waals surface area contributed by atoms with Crippen LogP contribution < -0.4 is 4.90 Å². The van der Waals surface area contributed by atoms with E-state index in [4.69, 9.17) is 9.15 Å². The molecule has 3 rings (SSSR count). The number of aromatic nitrogens is 1. The number of hydrogen-bond donors (Lipinski definition) is 0. The Morgan fingerprint density at radius 2 is 2.08 bits per heavy atom. The second kappa shape index (κ2) is 7.82. The molecule has 25 heavy (non-hydrogen) atoms. The Balaban J connectivity index is 1.73. The van der Waals surface area contributed by atoms with Crippen molar-refractivity contribution in [2.75, 3.05) is 4.90 Å². The van der Waals surface area contributed by atoms with Gasteiger partial charge in [0.1, 0.15) is 5.76 Å². The zero-order valence-corrected chi connectivity index (χ0v) is 15.3. The third kappa shape index (κ3) is 4.10. The second-order valence-electron chi connectivity index (χ2n) is 6.27. The van der Waals surface area contributed by atoms with Gasteiger partial charge in [0.15, 0.2) is 11.2 Å². The van der Waals surface area contributed by atoms with Crippen LogP contribution in [0.1, 0.15) is 55.3 Å². The Bertz CT molecular complexity index is 719. The number of amides is 1. The number of hydrogen-bond acceptors (Lipinski definition) is 6. The normalized spacial score (nSPS) is 16.4. The quantitative estimate of drug-likeness (QED) is 0.753. The summed E-state index contributed by atoms with van der Waals surface area (Å²) in [7, 11) is 0. The highest BCUT2D eigenvalue weighted by Gasteiger charge is 2.33. The van der Waals surface area contributed by atoms with Gasteiger partial charge in [-0.05, 0) is 38.8 Å². The van der Waals surface area contributed by atoms with Gasteiger partial charge >= 0.3 is 5.97 Å². The average Bonchev–Trinajstić information content (AvgIpc) is 3.28. The van der Waals surface area contributed by atoms with Crippen LogP contribution in [0, 0.1) is 6.92 Å². The lowest BCUT2D eigenvalue weighted by Gasteiger charge is -2.33. The first-order valence-corrected chi connectivity index (χ1v) is 9.44. The number of rotatable bonds is 5. The van der Waals surface area contributed by atoms with Gasteiger partial charge in [-0.2, -0.15) is 0 Å². The van der Waals surface area contributed by atoms with Gasteiger partial charge in [0.2, 0.25) is 5.76 Å². The predicted octanol–water partition coefficient (Wildman–Crippen LogP) is 3.96. The number of thiazole rings is 1. The zero-order valence-electron chi connectivity index (χ0n) is 14.4. The van der Waals surface area contributed by atoms with Crippen LogP contribution in [0.3, 0.4) is 0 Å². The number of aryl methyl sites for hydroxylation is 1. The molecule has 2 heterocycles. The molecule has 0 aromatic carbocycles. The molecule has 1 amide bonds. The third-order valence-corrected chi connectivity index (χ3v) is 5.15. The van der Waals surface area contributed by atoms with Crippen LogP contribution in [0.25, 0.3) is 0 Å². The average molecular weight is 362 g/mol. The standard InChI is InChI=1S/C18H22N2O4S/c1-12-8-9-15(23-12)17(22)24-13(2)16(21)20(18-19-10-11-25-18)14-6-4-3-5-7-14/h8-11,13-14H,3-7H2,1-2H3. The van der Waals surface area contributed by atoms with E-state index in [9.17, 15) is 9.59 Å². The topological polar surface area (TPSA) is 72.6 Å². The summed E-state index contributed by atoms with van der Waals surface area (Å²) >= 11 is 1.42. The summed E-state index contributed by atoms with van der Waals surface area (Å²) < 4.78 is 10.6. The molecule has 0 radical (unpaired) electrons. The highest BCUT2D eigenvalue weighted by atomic mass is 32.1. The fourth-order valence-corrected chi connectivity index (χ4v) is 3.83. The van der Waals surface area contributed by atoms with E-state index >= 15 is 0 Å². The van der Waals surface area contributed by atoms with Crippen molar-refractivity contribution in [3.8, 4) is 0 Å². The summed E-state index contributed by atoms with van der Waals surface area (Å²) in [4.78, 5) is 31.2. The third-order valence-electron chi connectivity index (χ3n) is 4.38. The van der Waals surface area contributed by atoms with E-state index in [0.717, 1.165) is 25.7 Å². The van der Waals surface area contributed by atoms with E-state index in [0.29, 0.717) is 10.9 Å². The summed E-state index contributed by atoms with van der Waals surface area (Å²) in [6.45, 7) is 3.35. The number of nitrogens with zero attached hydrogens (tertiary/aromatic N) is 2.